The van der Waals surface area contributed by atoms with Gasteiger partial charge in [-0.1, -0.05) is 54.6 Å². The Morgan fingerprint density at radius 3 is 2.59 bits per heavy atom. The van der Waals surface area contributed by atoms with Crippen molar-refractivity contribution in [1.29, 1.82) is 0 Å². The second-order valence-corrected chi connectivity index (χ2v) is 4.51. The number of benzene rings is 2. The van der Waals surface area contributed by atoms with Crippen LogP contribution in [0.3, 0.4) is 0 Å². The third kappa shape index (κ3) is 2.02. The Labute approximate surface area is 102 Å². The first kappa shape index (κ1) is 10.3. The van der Waals surface area contributed by atoms with Gasteiger partial charge in [-0.15, -0.1) is 0 Å². The van der Waals surface area contributed by atoms with Crippen LogP contribution in [0.4, 0.5) is 0 Å². The maximum atomic E-state index is 5.91. The molecule has 1 heteroatoms. The molecular formula is C16H15N. The smallest absolute Gasteiger partial charge is 0.0268 e. The van der Waals surface area contributed by atoms with Gasteiger partial charge in [0.25, 0.3) is 0 Å². The molecule has 0 aliphatic heterocycles. The lowest BCUT2D eigenvalue weighted by Gasteiger charge is -2.16. The molecule has 2 aromatic carbocycles. The summed E-state index contributed by atoms with van der Waals surface area (Å²) in [5.74, 6) is 0. The van der Waals surface area contributed by atoms with Crippen LogP contribution >= 0.6 is 0 Å². The molecule has 0 saturated heterocycles. The monoisotopic (exact) mass is 221 g/mol. The van der Waals surface area contributed by atoms with Crippen molar-refractivity contribution in [3.8, 4) is 11.1 Å². The van der Waals surface area contributed by atoms with Crippen LogP contribution in [0.2, 0.25) is 0 Å². The summed E-state index contributed by atoms with van der Waals surface area (Å²) in [5.41, 5.74) is 11.1. The average molecular weight is 221 g/mol. The van der Waals surface area contributed by atoms with E-state index in [1.807, 2.05) is 6.07 Å². The zero-order chi connectivity index (χ0) is 11.7. The van der Waals surface area contributed by atoms with Gasteiger partial charge in [0, 0.05) is 6.04 Å². The molecule has 1 aliphatic rings. The second kappa shape index (κ2) is 4.19. The van der Waals surface area contributed by atoms with Crippen molar-refractivity contribution in [2.45, 2.75) is 12.5 Å². The SMILES string of the molecule is NC1C=Cc2cc(-c3ccccc3)ccc2C1. The van der Waals surface area contributed by atoms with Gasteiger partial charge in [-0.05, 0) is 34.7 Å². The van der Waals surface area contributed by atoms with E-state index < -0.39 is 0 Å². The number of hydrogen-bond donors (Lipinski definition) is 1. The van der Waals surface area contributed by atoms with Gasteiger partial charge in [-0.3, -0.25) is 0 Å². The minimum Gasteiger partial charge on any atom is -0.324 e. The summed E-state index contributed by atoms with van der Waals surface area (Å²) in [5, 5.41) is 0. The first-order chi connectivity index (χ1) is 8.33. The van der Waals surface area contributed by atoms with E-state index in [0.29, 0.717) is 0 Å². The average Bonchev–Trinajstić information content (AvgIpc) is 2.39. The molecule has 0 radical (unpaired) electrons. The van der Waals surface area contributed by atoms with E-state index >= 15 is 0 Å². The van der Waals surface area contributed by atoms with E-state index in [2.05, 4.69) is 54.6 Å². The minimum atomic E-state index is 0.171. The predicted octanol–water partition coefficient (Wildman–Crippen LogP) is 3.25. The zero-order valence-corrected chi connectivity index (χ0v) is 9.64. The van der Waals surface area contributed by atoms with Gasteiger partial charge in [-0.2, -0.15) is 0 Å². The lowest BCUT2D eigenvalue weighted by atomic mass is 9.91. The van der Waals surface area contributed by atoms with Gasteiger partial charge < -0.3 is 5.73 Å². The molecule has 1 aliphatic carbocycles. The number of hydrogen-bond acceptors (Lipinski definition) is 1. The fourth-order valence-corrected chi connectivity index (χ4v) is 2.30. The Balaban J connectivity index is 2.04. The Kier molecular flexibility index (Phi) is 2.54. The molecule has 0 saturated carbocycles. The second-order valence-electron chi connectivity index (χ2n) is 4.51. The number of nitrogens with two attached hydrogens (primary N) is 1. The van der Waals surface area contributed by atoms with E-state index in [1.165, 1.54) is 22.3 Å². The normalized spacial score (nSPS) is 17.8. The van der Waals surface area contributed by atoms with Crippen LogP contribution in [0.15, 0.2) is 54.6 Å². The maximum Gasteiger partial charge on any atom is 0.0268 e. The molecule has 1 atom stereocenters. The van der Waals surface area contributed by atoms with Crippen molar-refractivity contribution in [2.24, 2.45) is 5.73 Å². The maximum absolute atomic E-state index is 5.91. The molecule has 84 valence electrons. The van der Waals surface area contributed by atoms with E-state index in [9.17, 15) is 0 Å². The molecule has 3 rings (SSSR count). The summed E-state index contributed by atoms with van der Waals surface area (Å²) in [6.07, 6.45) is 5.16. The van der Waals surface area contributed by atoms with Crippen LogP contribution in [0.5, 0.6) is 0 Å². The van der Waals surface area contributed by atoms with Crippen LogP contribution in [0, 0.1) is 0 Å². The van der Waals surface area contributed by atoms with Crippen LogP contribution in [-0.2, 0) is 6.42 Å². The number of fused-ring (bicyclic) bond motifs is 1. The van der Waals surface area contributed by atoms with Crippen molar-refractivity contribution in [3.63, 3.8) is 0 Å². The van der Waals surface area contributed by atoms with Gasteiger partial charge in [0.05, 0.1) is 0 Å². The largest absolute Gasteiger partial charge is 0.324 e. The van der Waals surface area contributed by atoms with E-state index in [4.69, 9.17) is 5.73 Å². The van der Waals surface area contributed by atoms with Crippen LogP contribution in [0.25, 0.3) is 17.2 Å². The fraction of sp³-hybridized carbons (Fsp3) is 0.125. The Hall–Kier alpha value is -1.86. The van der Waals surface area contributed by atoms with Gasteiger partial charge in [0.2, 0.25) is 0 Å². The highest BCUT2D eigenvalue weighted by Crippen LogP contribution is 2.26. The first-order valence-electron chi connectivity index (χ1n) is 5.95. The molecule has 2 N–H and O–H groups in total. The third-order valence-corrected chi connectivity index (χ3v) is 3.23. The quantitative estimate of drug-likeness (QED) is 0.786. The first-order valence-corrected chi connectivity index (χ1v) is 5.95. The molecular weight excluding hydrogens is 206 g/mol. The Morgan fingerprint density at radius 1 is 0.941 bits per heavy atom. The molecule has 0 spiro atoms. The Bertz CT molecular complexity index is 555. The molecule has 0 amide bonds. The standard InChI is InChI=1S/C16H15N/c17-16-9-8-14-10-13(6-7-15(14)11-16)12-4-2-1-3-5-12/h1-10,16H,11,17H2. The fourth-order valence-electron chi connectivity index (χ4n) is 2.30. The van der Waals surface area contributed by atoms with E-state index in [0.717, 1.165) is 6.42 Å². The van der Waals surface area contributed by atoms with Gasteiger partial charge >= 0.3 is 0 Å². The van der Waals surface area contributed by atoms with Crippen molar-refractivity contribution >= 4 is 6.08 Å². The van der Waals surface area contributed by atoms with Crippen molar-refractivity contribution in [2.75, 3.05) is 0 Å². The lowest BCUT2D eigenvalue weighted by molar-refractivity contribution is 0.802. The van der Waals surface area contributed by atoms with Crippen molar-refractivity contribution in [3.05, 3.63) is 65.7 Å². The summed E-state index contributed by atoms with van der Waals surface area (Å²) < 4.78 is 0. The van der Waals surface area contributed by atoms with Crippen LogP contribution in [0.1, 0.15) is 11.1 Å². The lowest BCUT2D eigenvalue weighted by Crippen LogP contribution is -2.22. The minimum absolute atomic E-state index is 0.171. The highest BCUT2D eigenvalue weighted by molar-refractivity contribution is 5.70. The molecule has 0 bridgehead atoms. The Morgan fingerprint density at radius 2 is 1.76 bits per heavy atom. The number of rotatable bonds is 1. The van der Waals surface area contributed by atoms with Crippen LogP contribution in [-0.4, -0.2) is 6.04 Å². The van der Waals surface area contributed by atoms with Crippen LogP contribution < -0.4 is 5.73 Å². The van der Waals surface area contributed by atoms with E-state index in [1.54, 1.807) is 0 Å². The molecule has 17 heavy (non-hydrogen) atoms. The molecule has 1 nitrogen and oxygen atoms in total. The topological polar surface area (TPSA) is 26.0 Å². The third-order valence-electron chi connectivity index (χ3n) is 3.23. The summed E-state index contributed by atoms with van der Waals surface area (Å²) in [6.45, 7) is 0. The van der Waals surface area contributed by atoms with Gasteiger partial charge in [0.15, 0.2) is 0 Å². The molecule has 0 heterocycles. The highest BCUT2D eigenvalue weighted by Gasteiger charge is 2.10. The zero-order valence-electron chi connectivity index (χ0n) is 9.64. The molecule has 1 unspecified atom stereocenters. The summed E-state index contributed by atoms with van der Waals surface area (Å²) in [4.78, 5) is 0. The van der Waals surface area contributed by atoms with Crippen molar-refractivity contribution in [1.82, 2.24) is 0 Å². The molecule has 2 aromatic rings. The summed E-state index contributed by atoms with van der Waals surface area (Å²) >= 11 is 0. The van der Waals surface area contributed by atoms with Crippen molar-refractivity contribution < 1.29 is 0 Å². The highest BCUT2D eigenvalue weighted by atomic mass is 14.6. The van der Waals surface area contributed by atoms with Gasteiger partial charge in [-0.25, -0.2) is 0 Å². The summed E-state index contributed by atoms with van der Waals surface area (Å²) in [7, 11) is 0. The summed E-state index contributed by atoms with van der Waals surface area (Å²) in [6, 6.07) is 17.3. The molecule has 0 fully saturated rings. The van der Waals surface area contributed by atoms with Gasteiger partial charge in [0.1, 0.15) is 0 Å². The predicted molar refractivity (Wildman–Crippen MR) is 72.6 cm³/mol. The molecule has 0 aromatic heterocycles. The van der Waals surface area contributed by atoms with E-state index in [-0.39, 0.29) is 6.04 Å².